The second kappa shape index (κ2) is 6.42. The molecule has 0 spiro atoms. The number of nitriles is 2. The minimum atomic E-state index is -0.686. The van der Waals surface area contributed by atoms with E-state index in [1.807, 2.05) is 12.1 Å². The zero-order valence-electron chi connectivity index (χ0n) is 11.1. The number of carbonyl (C=O) groups is 1. The van der Waals surface area contributed by atoms with E-state index >= 15 is 0 Å². The Labute approximate surface area is 112 Å². The molecule has 5 heteroatoms. The molecule has 0 aliphatic heterocycles. The molecule has 98 valence electrons. The quantitative estimate of drug-likeness (QED) is 0.822. The van der Waals surface area contributed by atoms with E-state index in [-0.39, 0.29) is 5.91 Å². The van der Waals surface area contributed by atoms with Crippen molar-refractivity contribution in [1.29, 1.82) is 10.5 Å². The van der Waals surface area contributed by atoms with E-state index in [2.05, 4.69) is 0 Å². The van der Waals surface area contributed by atoms with Crippen molar-refractivity contribution in [2.24, 2.45) is 0 Å². The molecule has 1 aromatic rings. The molecular formula is C14H15N3O2. The van der Waals surface area contributed by atoms with Gasteiger partial charge >= 0.3 is 0 Å². The Balaban J connectivity index is 2.69. The highest BCUT2D eigenvalue weighted by molar-refractivity contribution is 5.81. The van der Waals surface area contributed by atoms with Crippen LogP contribution < -0.4 is 4.74 Å². The number of benzene rings is 1. The van der Waals surface area contributed by atoms with Crippen LogP contribution in [0.1, 0.15) is 19.4 Å². The summed E-state index contributed by atoms with van der Waals surface area (Å²) in [5.41, 5.74) is 0.529. The first kappa shape index (κ1) is 14.5. The molecule has 1 aromatic carbocycles. The summed E-state index contributed by atoms with van der Waals surface area (Å²) < 4.78 is 5.48. The Morgan fingerprint density at radius 2 is 1.84 bits per heavy atom. The molecule has 5 nitrogen and oxygen atoms in total. The van der Waals surface area contributed by atoms with Gasteiger partial charge in [-0.3, -0.25) is 4.79 Å². The molecule has 0 aromatic heterocycles. The van der Waals surface area contributed by atoms with Crippen molar-refractivity contribution in [1.82, 2.24) is 4.90 Å². The number of ether oxygens (including phenoxy) is 1. The van der Waals surface area contributed by atoms with Gasteiger partial charge in [-0.2, -0.15) is 10.5 Å². The van der Waals surface area contributed by atoms with Crippen LogP contribution >= 0.6 is 0 Å². The zero-order valence-corrected chi connectivity index (χ0v) is 11.1. The smallest absolute Gasteiger partial charge is 0.264 e. The Hall–Kier alpha value is -2.53. The molecule has 0 aliphatic rings. The van der Waals surface area contributed by atoms with Gasteiger partial charge in [-0.15, -0.1) is 0 Å². The number of hydrogen-bond donors (Lipinski definition) is 0. The summed E-state index contributed by atoms with van der Waals surface area (Å²) in [5.74, 6) is 0.247. The lowest BCUT2D eigenvalue weighted by atomic mass is 10.2. The van der Waals surface area contributed by atoms with Crippen molar-refractivity contribution in [3.8, 4) is 17.9 Å². The second-order valence-corrected chi connectivity index (χ2v) is 4.15. The standard InChI is InChI=1S/C14H15N3O2/c1-10(8-15)17(3)14(18)11(2)19-13-6-4-12(9-16)5-7-13/h4-7,10-11H,1-3H3/t10-,11+/m1/s1. The molecule has 1 rings (SSSR count). The molecule has 0 fully saturated rings. The molecule has 0 saturated heterocycles. The third kappa shape index (κ3) is 3.72. The summed E-state index contributed by atoms with van der Waals surface area (Å²) in [4.78, 5) is 13.3. The van der Waals surface area contributed by atoms with Crippen LogP contribution in [0.25, 0.3) is 0 Å². The van der Waals surface area contributed by atoms with Crippen molar-refractivity contribution in [2.45, 2.75) is 26.0 Å². The van der Waals surface area contributed by atoms with Crippen molar-refractivity contribution in [3.63, 3.8) is 0 Å². The van der Waals surface area contributed by atoms with Crippen LogP contribution in [0, 0.1) is 22.7 Å². The maximum atomic E-state index is 12.0. The SMILES string of the molecule is C[C@H](Oc1ccc(C#N)cc1)C(=O)N(C)[C@H](C)C#N. The first-order chi connectivity index (χ1) is 8.99. The third-order valence-corrected chi connectivity index (χ3v) is 2.76. The summed E-state index contributed by atoms with van der Waals surface area (Å²) in [5, 5.41) is 17.4. The fourth-order valence-electron chi connectivity index (χ4n) is 1.43. The molecule has 0 bridgehead atoms. The summed E-state index contributed by atoms with van der Waals surface area (Å²) in [6, 6.07) is 10.0. The van der Waals surface area contributed by atoms with Gasteiger partial charge in [0.1, 0.15) is 11.8 Å². The van der Waals surface area contributed by atoms with E-state index in [0.29, 0.717) is 11.3 Å². The molecule has 2 atom stereocenters. The Morgan fingerprint density at radius 3 is 2.32 bits per heavy atom. The van der Waals surface area contributed by atoms with E-state index in [1.54, 1.807) is 45.2 Å². The number of rotatable bonds is 4. The Bertz CT molecular complexity index is 525. The average molecular weight is 257 g/mol. The summed E-state index contributed by atoms with van der Waals surface area (Å²) in [7, 11) is 1.56. The first-order valence-electron chi connectivity index (χ1n) is 5.82. The lowest BCUT2D eigenvalue weighted by Crippen LogP contribution is -2.42. The van der Waals surface area contributed by atoms with Crippen LogP contribution in [0.2, 0.25) is 0 Å². The largest absolute Gasteiger partial charge is 0.481 e. The van der Waals surface area contributed by atoms with Crippen LogP contribution in [0.3, 0.4) is 0 Å². The monoisotopic (exact) mass is 257 g/mol. The van der Waals surface area contributed by atoms with Gasteiger partial charge in [0.2, 0.25) is 0 Å². The average Bonchev–Trinajstić information content (AvgIpc) is 2.45. The highest BCUT2D eigenvalue weighted by Crippen LogP contribution is 2.14. The number of nitrogens with zero attached hydrogens (tertiary/aromatic N) is 3. The molecule has 0 saturated carbocycles. The maximum Gasteiger partial charge on any atom is 0.264 e. The summed E-state index contributed by atoms with van der Waals surface area (Å²) >= 11 is 0. The van der Waals surface area contributed by atoms with Gasteiger partial charge in [0.25, 0.3) is 5.91 Å². The number of likely N-dealkylation sites (N-methyl/N-ethyl adjacent to an activating group) is 1. The topological polar surface area (TPSA) is 77.1 Å². The summed E-state index contributed by atoms with van der Waals surface area (Å²) in [6.07, 6.45) is -0.686. The lowest BCUT2D eigenvalue weighted by molar-refractivity contribution is -0.137. The third-order valence-electron chi connectivity index (χ3n) is 2.76. The minimum absolute atomic E-state index is 0.265. The fourth-order valence-corrected chi connectivity index (χ4v) is 1.43. The molecule has 0 unspecified atom stereocenters. The van der Waals surface area contributed by atoms with Gasteiger partial charge in [0, 0.05) is 7.05 Å². The van der Waals surface area contributed by atoms with Gasteiger partial charge < -0.3 is 9.64 Å². The van der Waals surface area contributed by atoms with Crippen molar-refractivity contribution in [2.75, 3.05) is 7.05 Å². The van der Waals surface area contributed by atoms with E-state index in [0.717, 1.165) is 0 Å². The number of hydrogen-bond acceptors (Lipinski definition) is 4. The maximum absolute atomic E-state index is 12.0. The Kier molecular flexibility index (Phi) is 4.91. The van der Waals surface area contributed by atoms with Crippen LogP contribution in [0.5, 0.6) is 5.75 Å². The molecule has 0 radical (unpaired) electrons. The van der Waals surface area contributed by atoms with Gasteiger partial charge in [0.15, 0.2) is 6.10 Å². The predicted molar refractivity (Wildman–Crippen MR) is 69.1 cm³/mol. The molecule has 0 heterocycles. The van der Waals surface area contributed by atoms with Crippen LogP contribution in [-0.4, -0.2) is 30.0 Å². The summed E-state index contributed by atoms with van der Waals surface area (Å²) in [6.45, 7) is 3.27. The van der Waals surface area contributed by atoms with Gasteiger partial charge in [0.05, 0.1) is 17.7 Å². The molecular weight excluding hydrogens is 242 g/mol. The molecule has 19 heavy (non-hydrogen) atoms. The molecule has 1 amide bonds. The van der Waals surface area contributed by atoms with E-state index < -0.39 is 12.1 Å². The van der Waals surface area contributed by atoms with Crippen molar-refractivity contribution in [3.05, 3.63) is 29.8 Å². The van der Waals surface area contributed by atoms with Crippen LogP contribution in [0.15, 0.2) is 24.3 Å². The number of carbonyl (C=O) groups excluding carboxylic acids is 1. The van der Waals surface area contributed by atoms with Gasteiger partial charge in [-0.05, 0) is 38.1 Å². The van der Waals surface area contributed by atoms with E-state index in [4.69, 9.17) is 15.3 Å². The normalized spacial score (nSPS) is 12.7. The van der Waals surface area contributed by atoms with Gasteiger partial charge in [-0.1, -0.05) is 0 Å². The van der Waals surface area contributed by atoms with Crippen molar-refractivity contribution < 1.29 is 9.53 Å². The van der Waals surface area contributed by atoms with E-state index in [9.17, 15) is 4.79 Å². The Morgan fingerprint density at radius 1 is 1.26 bits per heavy atom. The van der Waals surface area contributed by atoms with Gasteiger partial charge in [-0.25, -0.2) is 0 Å². The molecule has 0 N–H and O–H groups in total. The zero-order chi connectivity index (χ0) is 14.4. The lowest BCUT2D eigenvalue weighted by Gasteiger charge is -2.23. The van der Waals surface area contributed by atoms with Crippen LogP contribution in [-0.2, 0) is 4.79 Å². The van der Waals surface area contributed by atoms with Crippen LogP contribution in [0.4, 0.5) is 0 Å². The number of amides is 1. The van der Waals surface area contributed by atoms with Crippen molar-refractivity contribution >= 4 is 5.91 Å². The van der Waals surface area contributed by atoms with E-state index in [1.165, 1.54) is 4.90 Å². The highest BCUT2D eigenvalue weighted by Gasteiger charge is 2.22. The highest BCUT2D eigenvalue weighted by atomic mass is 16.5. The molecule has 0 aliphatic carbocycles. The minimum Gasteiger partial charge on any atom is -0.481 e. The fraction of sp³-hybridized carbons (Fsp3) is 0.357. The second-order valence-electron chi connectivity index (χ2n) is 4.15. The predicted octanol–water partition coefficient (Wildman–Crippen LogP) is 1.70. The first-order valence-corrected chi connectivity index (χ1v) is 5.82.